The summed E-state index contributed by atoms with van der Waals surface area (Å²) in [6.07, 6.45) is 6.42. The van der Waals surface area contributed by atoms with Crippen molar-refractivity contribution in [1.82, 2.24) is 4.57 Å². The molecule has 2 heterocycles. The first kappa shape index (κ1) is 22.2. The minimum atomic E-state index is -3.82. The maximum atomic E-state index is 13.2. The van der Waals surface area contributed by atoms with Crippen molar-refractivity contribution in [2.75, 3.05) is 0 Å². The second kappa shape index (κ2) is 8.95. The monoisotopic (exact) mass is 480 g/mol. The molecule has 7 heteroatoms. The summed E-state index contributed by atoms with van der Waals surface area (Å²) < 4.78 is 39.0. The summed E-state index contributed by atoms with van der Waals surface area (Å²) >= 11 is 1.39. The van der Waals surface area contributed by atoms with Crippen LogP contribution in [0, 0.1) is 6.92 Å². The summed E-state index contributed by atoms with van der Waals surface area (Å²) in [5, 5.41) is 3.08. The zero-order valence-corrected chi connectivity index (χ0v) is 20.6. The molecule has 0 saturated heterocycles. The molecule has 0 amide bonds. The summed E-state index contributed by atoms with van der Waals surface area (Å²) in [4.78, 5) is 0.760. The number of thiazole rings is 1. The van der Waals surface area contributed by atoms with Crippen molar-refractivity contribution in [2.24, 2.45) is 4.40 Å². The minimum Gasteiger partial charge on any atom is -0.461 e. The number of nitrogens with zero attached hydrogens (tertiary/aromatic N) is 2. The van der Waals surface area contributed by atoms with Crippen molar-refractivity contribution in [3.63, 3.8) is 0 Å². The summed E-state index contributed by atoms with van der Waals surface area (Å²) in [6.45, 7) is 4.02. The third kappa shape index (κ3) is 4.20. The van der Waals surface area contributed by atoms with Crippen LogP contribution < -0.4 is 4.80 Å². The van der Waals surface area contributed by atoms with Crippen molar-refractivity contribution >= 4 is 32.3 Å². The van der Waals surface area contributed by atoms with E-state index in [1.165, 1.54) is 17.8 Å². The molecule has 5 nitrogen and oxygen atoms in total. The Kier molecular flexibility index (Phi) is 6.01. The molecule has 172 valence electrons. The third-order valence-corrected chi connectivity index (χ3v) is 8.77. The van der Waals surface area contributed by atoms with E-state index in [1.807, 2.05) is 42.6 Å². The topological polar surface area (TPSA) is 64.6 Å². The van der Waals surface area contributed by atoms with Gasteiger partial charge in [0.15, 0.2) is 0 Å². The quantitative estimate of drug-likeness (QED) is 0.322. The van der Waals surface area contributed by atoms with Crippen molar-refractivity contribution in [1.29, 1.82) is 0 Å². The van der Waals surface area contributed by atoms with Gasteiger partial charge in [0.2, 0.25) is 4.80 Å². The van der Waals surface area contributed by atoms with Crippen LogP contribution in [0.5, 0.6) is 0 Å². The van der Waals surface area contributed by atoms with E-state index in [9.17, 15) is 8.42 Å². The number of furan rings is 1. The number of aryl methyl sites for hydroxylation is 2. The molecule has 2 aromatic heterocycles. The number of rotatable bonds is 5. The average molecular weight is 481 g/mol. The van der Waals surface area contributed by atoms with Gasteiger partial charge in [-0.2, -0.15) is 8.42 Å². The number of aromatic nitrogens is 1. The molecule has 0 unspecified atom stereocenters. The van der Waals surface area contributed by atoms with E-state index in [1.54, 1.807) is 12.1 Å². The molecule has 0 aliphatic heterocycles. The Hall–Kier alpha value is -2.64. The largest absolute Gasteiger partial charge is 0.461 e. The molecule has 0 spiro atoms. The first-order valence-electron chi connectivity index (χ1n) is 11.6. The van der Waals surface area contributed by atoms with Crippen molar-refractivity contribution in [2.45, 2.75) is 63.3 Å². The lowest BCUT2D eigenvalue weighted by atomic mass is 9.94. The number of fused-ring (bicyclic) bond motifs is 1. The molecule has 0 N–H and O–H groups in total. The van der Waals surface area contributed by atoms with Crippen LogP contribution in [0.15, 0.2) is 67.6 Å². The van der Waals surface area contributed by atoms with Gasteiger partial charge in [-0.25, -0.2) is 0 Å². The van der Waals surface area contributed by atoms with Gasteiger partial charge in [-0.05, 0) is 49.9 Å². The zero-order chi connectivity index (χ0) is 23.0. The van der Waals surface area contributed by atoms with Gasteiger partial charge >= 0.3 is 0 Å². The molecule has 33 heavy (non-hydrogen) atoms. The van der Waals surface area contributed by atoms with Crippen LogP contribution in [0.4, 0.5) is 0 Å². The predicted molar refractivity (Wildman–Crippen MR) is 133 cm³/mol. The third-order valence-electron chi connectivity index (χ3n) is 6.54. The number of benzene rings is 2. The molecule has 1 saturated carbocycles. The standard InChI is InChI=1S/C26H28N2O3S2/c1-3-19-13-15-21(16-14-19)33(29,30)27-26-28(20-9-5-4-6-10-20)23(17-32-26)25-18(2)31-24-12-8-7-11-22(24)25/h7-8,11-17,20H,3-6,9-10H2,1-2H3/b27-26+. The van der Waals surface area contributed by atoms with Crippen LogP contribution >= 0.6 is 11.3 Å². The highest BCUT2D eigenvalue weighted by Crippen LogP contribution is 2.38. The van der Waals surface area contributed by atoms with Crippen LogP contribution in [0.1, 0.15) is 56.4 Å². The molecule has 5 rings (SSSR count). The van der Waals surface area contributed by atoms with Crippen LogP contribution in [0.3, 0.4) is 0 Å². The van der Waals surface area contributed by atoms with E-state index in [0.29, 0.717) is 4.80 Å². The highest BCUT2D eigenvalue weighted by molar-refractivity contribution is 7.90. The van der Waals surface area contributed by atoms with Crippen molar-refractivity contribution < 1.29 is 12.8 Å². The fraction of sp³-hybridized carbons (Fsp3) is 0.346. The summed E-state index contributed by atoms with van der Waals surface area (Å²) in [6, 6.07) is 15.3. The van der Waals surface area contributed by atoms with E-state index in [4.69, 9.17) is 4.42 Å². The lowest BCUT2D eigenvalue weighted by molar-refractivity contribution is 0.351. The van der Waals surface area contributed by atoms with Crippen LogP contribution in [-0.2, 0) is 16.4 Å². The number of sulfonamides is 1. The minimum absolute atomic E-state index is 0.226. The summed E-state index contributed by atoms with van der Waals surface area (Å²) in [7, 11) is -3.82. The fourth-order valence-electron chi connectivity index (χ4n) is 4.80. The number of para-hydroxylation sites is 1. The van der Waals surface area contributed by atoms with Gasteiger partial charge in [-0.1, -0.05) is 56.5 Å². The second-order valence-electron chi connectivity index (χ2n) is 8.66. The number of hydrogen-bond donors (Lipinski definition) is 0. The first-order chi connectivity index (χ1) is 16.0. The van der Waals surface area contributed by atoms with Gasteiger partial charge in [-0.3, -0.25) is 0 Å². The van der Waals surface area contributed by atoms with Crippen LogP contribution in [0.25, 0.3) is 22.2 Å². The highest BCUT2D eigenvalue weighted by atomic mass is 32.2. The smallest absolute Gasteiger partial charge is 0.285 e. The Labute approximate surface area is 198 Å². The highest BCUT2D eigenvalue weighted by Gasteiger charge is 2.25. The molecule has 1 fully saturated rings. The van der Waals surface area contributed by atoms with Gasteiger partial charge in [0.1, 0.15) is 11.3 Å². The summed E-state index contributed by atoms with van der Waals surface area (Å²) in [5.41, 5.74) is 3.96. The van der Waals surface area contributed by atoms with Crippen molar-refractivity contribution in [3.05, 3.63) is 70.0 Å². The van der Waals surface area contributed by atoms with Gasteiger partial charge in [-0.15, -0.1) is 15.7 Å². The second-order valence-corrected chi connectivity index (χ2v) is 11.1. The number of hydrogen-bond acceptors (Lipinski definition) is 4. The van der Waals surface area contributed by atoms with E-state index in [2.05, 4.69) is 22.0 Å². The van der Waals surface area contributed by atoms with Gasteiger partial charge in [0.25, 0.3) is 10.0 Å². The molecule has 4 aromatic rings. The van der Waals surface area contributed by atoms with Gasteiger partial charge < -0.3 is 8.98 Å². The van der Waals surface area contributed by atoms with Crippen LogP contribution in [0.2, 0.25) is 0 Å². The lowest BCUT2D eigenvalue weighted by Crippen LogP contribution is -2.25. The zero-order valence-electron chi connectivity index (χ0n) is 19.0. The Morgan fingerprint density at radius 2 is 1.79 bits per heavy atom. The van der Waals surface area contributed by atoms with Crippen LogP contribution in [-0.4, -0.2) is 13.0 Å². The maximum Gasteiger partial charge on any atom is 0.285 e. The van der Waals surface area contributed by atoms with E-state index >= 15 is 0 Å². The lowest BCUT2D eigenvalue weighted by Gasteiger charge is -2.25. The molecular weight excluding hydrogens is 452 g/mol. The molecule has 0 bridgehead atoms. The Balaban J connectivity index is 1.70. The Morgan fingerprint density at radius 1 is 1.06 bits per heavy atom. The molecule has 0 atom stereocenters. The Morgan fingerprint density at radius 3 is 2.52 bits per heavy atom. The normalized spacial score (nSPS) is 16.0. The predicted octanol–water partition coefficient (Wildman–Crippen LogP) is 6.63. The van der Waals surface area contributed by atoms with E-state index in [0.717, 1.165) is 65.7 Å². The molecule has 2 aromatic carbocycles. The summed E-state index contributed by atoms with van der Waals surface area (Å²) in [5.74, 6) is 0.836. The molecule has 1 aliphatic carbocycles. The fourth-order valence-corrected chi connectivity index (χ4v) is 6.96. The molecular formula is C26H28N2O3S2. The SMILES string of the molecule is CCc1ccc(S(=O)(=O)/N=c2/scc(-c3c(C)oc4ccccc34)n2C2CCCCC2)cc1. The maximum absolute atomic E-state index is 13.2. The Bertz CT molecular complexity index is 1450. The van der Waals surface area contributed by atoms with E-state index < -0.39 is 10.0 Å². The van der Waals surface area contributed by atoms with Crippen molar-refractivity contribution in [3.8, 4) is 11.3 Å². The molecule has 1 aliphatic rings. The van der Waals surface area contributed by atoms with Gasteiger partial charge in [0.05, 0.1) is 10.6 Å². The first-order valence-corrected chi connectivity index (χ1v) is 13.9. The van der Waals surface area contributed by atoms with E-state index in [-0.39, 0.29) is 10.9 Å². The van der Waals surface area contributed by atoms with Gasteiger partial charge in [0, 0.05) is 22.4 Å². The average Bonchev–Trinajstić information content (AvgIpc) is 3.38. The molecule has 0 radical (unpaired) electrons.